The van der Waals surface area contributed by atoms with Crippen LogP contribution in [0.25, 0.3) is 5.69 Å². The van der Waals surface area contributed by atoms with Crippen LogP contribution >= 0.6 is 15.9 Å². The predicted molar refractivity (Wildman–Crippen MR) is 73.4 cm³/mol. The molecule has 2 aromatic rings. The van der Waals surface area contributed by atoms with E-state index in [9.17, 15) is 0 Å². The minimum atomic E-state index is 0.609. The van der Waals surface area contributed by atoms with Crippen LogP contribution in [0.2, 0.25) is 0 Å². The zero-order valence-electron chi connectivity index (χ0n) is 10.5. The van der Waals surface area contributed by atoms with Gasteiger partial charge >= 0.3 is 0 Å². The third-order valence-electron chi connectivity index (χ3n) is 2.45. The SMILES string of the molecule is CC(C)CNCc1nnnn1-c1ccccc1Br. The van der Waals surface area contributed by atoms with Gasteiger partial charge in [0.25, 0.3) is 0 Å². The molecule has 6 heteroatoms. The second-order valence-corrected chi connectivity index (χ2v) is 5.34. The lowest BCUT2D eigenvalue weighted by atomic mass is 10.2. The molecule has 0 fully saturated rings. The molecule has 2 rings (SSSR count). The highest BCUT2D eigenvalue weighted by molar-refractivity contribution is 9.10. The number of hydrogen-bond donors (Lipinski definition) is 1. The number of halogens is 1. The lowest BCUT2D eigenvalue weighted by Gasteiger charge is -2.08. The van der Waals surface area contributed by atoms with E-state index in [0.29, 0.717) is 12.5 Å². The Kier molecular flexibility index (Phi) is 4.43. The lowest BCUT2D eigenvalue weighted by molar-refractivity contribution is 0.537. The van der Waals surface area contributed by atoms with Crippen molar-refractivity contribution >= 4 is 15.9 Å². The number of nitrogens with zero attached hydrogens (tertiary/aromatic N) is 4. The minimum Gasteiger partial charge on any atom is -0.310 e. The van der Waals surface area contributed by atoms with Crippen LogP contribution < -0.4 is 5.32 Å². The van der Waals surface area contributed by atoms with Gasteiger partial charge in [0.05, 0.1) is 12.2 Å². The maximum absolute atomic E-state index is 4.05. The molecule has 0 saturated carbocycles. The molecule has 0 bridgehead atoms. The van der Waals surface area contributed by atoms with Crippen molar-refractivity contribution in [1.29, 1.82) is 0 Å². The molecule has 0 radical (unpaired) electrons. The summed E-state index contributed by atoms with van der Waals surface area (Å²) in [4.78, 5) is 0. The van der Waals surface area contributed by atoms with Gasteiger partial charge < -0.3 is 5.32 Å². The third kappa shape index (κ3) is 3.14. The molecule has 1 heterocycles. The maximum Gasteiger partial charge on any atom is 0.170 e. The lowest BCUT2D eigenvalue weighted by Crippen LogP contribution is -2.21. The standard InChI is InChI=1S/C12H16BrN5/c1-9(2)7-14-8-12-15-16-17-18(12)11-6-4-3-5-10(11)13/h3-6,9,14H,7-8H2,1-2H3. The van der Waals surface area contributed by atoms with E-state index in [0.717, 1.165) is 22.5 Å². The van der Waals surface area contributed by atoms with Gasteiger partial charge in [0, 0.05) is 4.47 Å². The van der Waals surface area contributed by atoms with Crippen molar-refractivity contribution in [2.24, 2.45) is 5.92 Å². The molecule has 96 valence electrons. The summed E-state index contributed by atoms with van der Waals surface area (Å²) in [5.74, 6) is 1.42. The summed E-state index contributed by atoms with van der Waals surface area (Å²) in [5, 5.41) is 15.2. The molecule has 0 aliphatic rings. The first-order valence-corrected chi connectivity index (χ1v) is 6.70. The molecular formula is C12H16BrN5. The van der Waals surface area contributed by atoms with Gasteiger partial charge in [0.15, 0.2) is 5.82 Å². The second kappa shape index (κ2) is 6.06. The Hall–Kier alpha value is -1.27. The molecule has 0 saturated heterocycles. The largest absolute Gasteiger partial charge is 0.310 e. The fraction of sp³-hybridized carbons (Fsp3) is 0.417. The van der Waals surface area contributed by atoms with Crippen molar-refractivity contribution in [1.82, 2.24) is 25.5 Å². The minimum absolute atomic E-state index is 0.609. The number of nitrogens with one attached hydrogen (secondary N) is 1. The van der Waals surface area contributed by atoms with Gasteiger partial charge in [-0.05, 0) is 51.0 Å². The molecule has 0 aliphatic carbocycles. The first-order valence-electron chi connectivity index (χ1n) is 5.91. The summed E-state index contributed by atoms with van der Waals surface area (Å²) in [6.07, 6.45) is 0. The van der Waals surface area contributed by atoms with E-state index in [1.807, 2.05) is 24.3 Å². The molecule has 5 nitrogen and oxygen atoms in total. The molecular weight excluding hydrogens is 294 g/mol. The zero-order valence-corrected chi connectivity index (χ0v) is 12.1. The van der Waals surface area contributed by atoms with Crippen molar-refractivity contribution in [3.63, 3.8) is 0 Å². The average Bonchev–Trinajstić information content (AvgIpc) is 2.77. The average molecular weight is 310 g/mol. The summed E-state index contributed by atoms with van der Waals surface area (Å²) < 4.78 is 2.72. The zero-order chi connectivity index (χ0) is 13.0. The van der Waals surface area contributed by atoms with E-state index in [2.05, 4.69) is 50.6 Å². The Balaban J connectivity index is 2.15. The first kappa shape index (κ1) is 13.2. The fourth-order valence-corrected chi connectivity index (χ4v) is 2.05. The van der Waals surface area contributed by atoms with E-state index in [4.69, 9.17) is 0 Å². The van der Waals surface area contributed by atoms with E-state index in [-0.39, 0.29) is 0 Å². The van der Waals surface area contributed by atoms with Crippen LogP contribution in [0.4, 0.5) is 0 Å². The van der Waals surface area contributed by atoms with E-state index in [1.54, 1.807) is 4.68 Å². The summed E-state index contributed by atoms with van der Waals surface area (Å²) in [5.41, 5.74) is 0.948. The number of rotatable bonds is 5. The van der Waals surface area contributed by atoms with Crippen LogP contribution in [0.5, 0.6) is 0 Å². The quantitative estimate of drug-likeness (QED) is 0.919. The fourth-order valence-electron chi connectivity index (χ4n) is 1.60. The maximum atomic E-state index is 4.05. The van der Waals surface area contributed by atoms with Gasteiger partial charge in [0.2, 0.25) is 0 Å². The Bertz CT molecular complexity index is 509. The molecule has 0 aliphatic heterocycles. The van der Waals surface area contributed by atoms with Crippen molar-refractivity contribution < 1.29 is 0 Å². The summed E-state index contributed by atoms with van der Waals surface area (Å²) in [7, 11) is 0. The Morgan fingerprint density at radius 2 is 2.11 bits per heavy atom. The Morgan fingerprint density at radius 1 is 1.33 bits per heavy atom. The smallest absolute Gasteiger partial charge is 0.170 e. The Labute approximate surface area is 115 Å². The van der Waals surface area contributed by atoms with Gasteiger partial charge in [-0.25, -0.2) is 0 Å². The van der Waals surface area contributed by atoms with E-state index < -0.39 is 0 Å². The highest BCUT2D eigenvalue weighted by Gasteiger charge is 2.10. The summed E-state index contributed by atoms with van der Waals surface area (Å²) in [6.45, 7) is 5.95. The second-order valence-electron chi connectivity index (χ2n) is 4.48. The monoisotopic (exact) mass is 309 g/mol. The van der Waals surface area contributed by atoms with Crippen LogP contribution in [0.15, 0.2) is 28.7 Å². The van der Waals surface area contributed by atoms with Crippen molar-refractivity contribution in [2.45, 2.75) is 20.4 Å². The van der Waals surface area contributed by atoms with E-state index >= 15 is 0 Å². The topological polar surface area (TPSA) is 55.6 Å². The predicted octanol–water partition coefficient (Wildman–Crippen LogP) is 2.17. The molecule has 0 amide bonds. The molecule has 1 N–H and O–H groups in total. The molecule has 1 aromatic carbocycles. The van der Waals surface area contributed by atoms with Gasteiger partial charge in [-0.15, -0.1) is 5.10 Å². The van der Waals surface area contributed by atoms with Crippen molar-refractivity contribution in [3.05, 3.63) is 34.6 Å². The van der Waals surface area contributed by atoms with Gasteiger partial charge in [-0.3, -0.25) is 0 Å². The number of para-hydroxylation sites is 1. The highest BCUT2D eigenvalue weighted by atomic mass is 79.9. The Morgan fingerprint density at radius 3 is 2.83 bits per heavy atom. The molecule has 18 heavy (non-hydrogen) atoms. The number of benzene rings is 1. The van der Waals surface area contributed by atoms with Crippen LogP contribution in [0, 0.1) is 5.92 Å². The van der Waals surface area contributed by atoms with Crippen LogP contribution in [0.3, 0.4) is 0 Å². The van der Waals surface area contributed by atoms with Crippen molar-refractivity contribution in [3.8, 4) is 5.69 Å². The van der Waals surface area contributed by atoms with Gasteiger partial charge in [-0.1, -0.05) is 26.0 Å². The van der Waals surface area contributed by atoms with Gasteiger partial charge in [-0.2, -0.15) is 4.68 Å². The number of tetrazole rings is 1. The highest BCUT2D eigenvalue weighted by Crippen LogP contribution is 2.19. The number of hydrogen-bond acceptors (Lipinski definition) is 4. The summed E-state index contributed by atoms with van der Waals surface area (Å²) >= 11 is 3.51. The molecule has 0 atom stereocenters. The molecule has 0 unspecified atom stereocenters. The van der Waals surface area contributed by atoms with Crippen LogP contribution in [-0.4, -0.2) is 26.8 Å². The number of aromatic nitrogens is 4. The normalized spacial score (nSPS) is 11.1. The van der Waals surface area contributed by atoms with Crippen molar-refractivity contribution in [2.75, 3.05) is 6.54 Å². The van der Waals surface area contributed by atoms with Crippen LogP contribution in [0.1, 0.15) is 19.7 Å². The van der Waals surface area contributed by atoms with Gasteiger partial charge in [0.1, 0.15) is 0 Å². The summed E-state index contributed by atoms with van der Waals surface area (Å²) in [6, 6.07) is 7.89. The molecule has 0 spiro atoms. The molecule has 1 aromatic heterocycles. The first-order chi connectivity index (χ1) is 8.68. The van der Waals surface area contributed by atoms with Crippen LogP contribution in [-0.2, 0) is 6.54 Å². The van der Waals surface area contributed by atoms with E-state index in [1.165, 1.54) is 0 Å². The third-order valence-corrected chi connectivity index (χ3v) is 3.12.